The number of ether oxygens (including phenoxy) is 1. The predicted molar refractivity (Wildman–Crippen MR) is 76.3 cm³/mol. The van der Waals surface area contributed by atoms with Gasteiger partial charge in [-0.25, -0.2) is 8.42 Å². The highest BCUT2D eigenvalue weighted by Gasteiger charge is 2.39. The van der Waals surface area contributed by atoms with E-state index in [1.165, 1.54) is 4.31 Å². The Hall–Kier alpha value is -0.630. The third kappa shape index (κ3) is 2.86. The summed E-state index contributed by atoms with van der Waals surface area (Å²) in [4.78, 5) is 0. The highest BCUT2D eigenvalue weighted by molar-refractivity contribution is 7.89. The van der Waals surface area contributed by atoms with Gasteiger partial charge in [0.15, 0.2) is 5.03 Å². The van der Waals surface area contributed by atoms with Gasteiger partial charge in [-0.1, -0.05) is 0 Å². The molecule has 0 bridgehead atoms. The van der Waals surface area contributed by atoms with Gasteiger partial charge in [-0.2, -0.15) is 9.40 Å². The van der Waals surface area contributed by atoms with Crippen LogP contribution in [0.1, 0.15) is 32.0 Å². The molecule has 1 fully saturated rings. The number of morpholine rings is 1. The molecule has 0 radical (unpaired) electrons. The van der Waals surface area contributed by atoms with Crippen molar-refractivity contribution in [3.05, 3.63) is 11.3 Å². The van der Waals surface area contributed by atoms with Gasteiger partial charge in [0.2, 0.25) is 0 Å². The number of halogens is 1. The second-order valence-electron chi connectivity index (χ2n) is 5.75. The van der Waals surface area contributed by atoms with E-state index in [9.17, 15) is 8.42 Å². The molecule has 1 atom stereocenters. The normalized spacial score (nSPS) is 23.9. The number of aromatic amines is 1. The molecule has 2 heterocycles. The number of hydrogen-bond acceptors (Lipinski definition) is 4. The number of nitrogens with zero attached hydrogens (tertiary/aromatic N) is 2. The van der Waals surface area contributed by atoms with Gasteiger partial charge in [0, 0.05) is 24.3 Å². The molecule has 2 rings (SSSR count). The second-order valence-corrected chi connectivity index (χ2v) is 7.87. The summed E-state index contributed by atoms with van der Waals surface area (Å²) in [6, 6.07) is 0. The Balaban J connectivity index is 2.39. The molecule has 20 heavy (non-hydrogen) atoms. The fraction of sp³-hybridized carbons (Fsp3) is 0.750. The van der Waals surface area contributed by atoms with E-state index in [0.717, 1.165) is 0 Å². The van der Waals surface area contributed by atoms with Gasteiger partial charge in [-0.15, -0.1) is 11.6 Å². The Morgan fingerprint density at radius 2 is 2.20 bits per heavy atom. The van der Waals surface area contributed by atoms with Crippen molar-refractivity contribution in [1.29, 1.82) is 0 Å². The Labute approximate surface area is 124 Å². The summed E-state index contributed by atoms with van der Waals surface area (Å²) in [6.45, 7) is 8.00. The standard InChI is InChI=1S/C12H20ClN3O3S/c1-8-6-16(7-12(3,4)19-8)20(17,18)11-10(5-13)9(2)14-15-11/h8H,5-7H2,1-4H3,(H,14,15). The lowest BCUT2D eigenvalue weighted by atomic mass is 10.1. The van der Waals surface area contributed by atoms with Crippen LogP contribution >= 0.6 is 11.6 Å². The number of sulfonamides is 1. The average Bonchev–Trinajstić information content (AvgIpc) is 2.68. The SMILES string of the molecule is Cc1[nH]nc(S(=O)(=O)N2CC(C)OC(C)(C)C2)c1CCl. The van der Waals surface area contributed by atoms with E-state index in [2.05, 4.69) is 10.2 Å². The van der Waals surface area contributed by atoms with Gasteiger partial charge in [0.05, 0.1) is 17.6 Å². The molecule has 0 aliphatic carbocycles. The van der Waals surface area contributed by atoms with Crippen LogP contribution in [0.3, 0.4) is 0 Å². The lowest BCUT2D eigenvalue weighted by Crippen LogP contribution is -2.53. The first-order valence-corrected chi connectivity index (χ1v) is 8.42. The van der Waals surface area contributed by atoms with Gasteiger partial charge >= 0.3 is 0 Å². The van der Waals surface area contributed by atoms with Crippen molar-refractivity contribution in [3.63, 3.8) is 0 Å². The van der Waals surface area contributed by atoms with Crippen LogP contribution in [0.15, 0.2) is 5.03 Å². The second kappa shape index (κ2) is 5.29. The largest absolute Gasteiger partial charge is 0.370 e. The molecule has 1 saturated heterocycles. The van der Waals surface area contributed by atoms with E-state index in [1.807, 2.05) is 20.8 Å². The number of aryl methyl sites for hydroxylation is 1. The zero-order valence-corrected chi connectivity index (χ0v) is 13.7. The van der Waals surface area contributed by atoms with Gasteiger partial charge in [0.25, 0.3) is 10.0 Å². The lowest BCUT2D eigenvalue weighted by Gasteiger charge is -2.40. The third-order valence-corrected chi connectivity index (χ3v) is 5.34. The molecule has 0 aromatic carbocycles. The highest BCUT2D eigenvalue weighted by Crippen LogP contribution is 2.28. The molecule has 1 aliphatic rings. The minimum absolute atomic E-state index is 0.0231. The maximum Gasteiger partial charge on any atom is 0.262 e. The molecule has 8 heteroatoms. The zero-order chi connectivity index (χ0) is 15.1. The van der Waals surface area contributed by atoms with E-state index in [0.29, 0.717) is 24.3 Å². The van der Waals surface area contributed by atoms with Crippen LogP contribution in [0.25, 0.3) is 0 Å². The van der Waals surface area contributed by atoms with E-state index in [-0.39, 0.29) is 17.0 Å². The molecule has 1 aromatic heterocycles. The van der Waals surface area contributed by atoms with E-state index in [1.54, 1.807) is 6.92 Å². The van der Waals surface area contributed by atoms with Gasteiger partial charge < -0.3 is 4.74 Å². The topological polar surface area (TPSA) is 75.3 Å². The molecule has 1 unspecified atom stereocenters. The Morgan fingerprint density at radius 1 is 1.55 bits per heavy atom. The third-order valence-electron chi connectivity index (χ3n) is 3.29. The summed E-state index contributed by atoms with van der Waals surface area (Å²) in [5.41, 5.74) is 0.694. The molecule has 0 amide bonds. The molecular formula is C12H20ClN3O3S. The van der Waals surface area contributed by atoms with Crippen molar-refractivity contribution in [2.45, 2.75) is 50.3 Å². The Kier molecular flexibility index (Phi) is 4.17. The summed E-state index contributed by atoms with van der Waals surface area (Å²) < 4.78 is 32.6. The van der Waals surface area contributed by atoms with Crippen LogP contribution in [0, 0.1) is 6.92 Å². The molecule has 1 N–H and O–H groups in total. The number of hydrogen-bond donors (Lipinski definition) is 1. The lowest BCUT2D eigenvalue weighted by molar-refractivity contribution is -0.109. The van der Waals surface area contributed by atoms with Crippen LogP contribution in [0.5, 0.6) is 0 Å². The summed E-state index contributed by atoms with van der Waals surface area (Å²) in [5.74, 6) is 0.111. The summed E-state index contributed by atoms with van der Waals surface area (Å²) >= 11 is 5.84. The smallest absolute Gasteiger partial charge is 0.262 e. The maximum atomic E-state index is 12.7. The highest BCUT2D eigenvalue weighted by atomic mass is 35.5. The number of aromatic nitrogens is 2. The first kappa shape index (κ1) is 15.8. The zero-order valence-electron chi connectivity index (χ0n) is 12.1. The van der Waals surface area contributed by atoms with Crippen LogP contribution in [0.2, 0.25) is 0 Å². The fourth-order valence-corrected chi connectivity index (χ4v) is 4.74. The maximum absolute atomic E-state index is 12.7. The van der Waals surface area contributed by atoms with Crippen molar-refractivity contribution >= 4 is 21.6 Å². The molecule has 1 aliphatic heterocycles. The Bertz CT molecular complexity index is 597. The molecular weight excluding hydrogens is 302 g/mol. The van der Waals surface area contributed by atoms with Crippen LogP contribution < -0.4 is 0 Å². The van der Waals surface area contributed by atoms with Crippen LogP contribution in [0.4, 0.5) is 0 Å². The van der Waals surface area contributed by atoms with E-state index >= 15 is 0 Å². The first-order chi connectivity index (χ1) is 9.17. The minimum Gasteiger partial charge on any atom is -0.370 e. The summed E-state index contributed by atoms with van der Waals surface area (Å²) in [5, 5.41) is 6.64. The van der Waals surface area contributed by atoms with Crippen molar-refractivity contribution in [3.8, 4) is 0 Å². The fourth-order valence-electron chi connectivity index (χ4n) is 2.50. The molecule has 0 saturated carbocycles. The first-order valence-electron chi connectivity index (χ1n) is 6.45. The summed E-state index contributed by atoms with van der Waals surface area (Å²) in [7, 11) is -3.66. The van der Waals surface area contributed by atoms with E-state index in [4.69, 9.17) is 16.3 Å². The quantitative estimate of drug-likeness (QED) is 0.859. The number of alkyl halides is 1. The van der Waals surface area contributed by atoms with Gasteiger partial charge in [0.1, 0.15) is 0 Å². The molecule has 114 valence electrons. The van der Waals surface area contributed by atoms with Crippen molar-refractivity contribution in [2.75, 3.05) is 13.1 Å². The molecule has 1 aromatic rings. The number of nitrogens with one attached hydrogen (secondary N) is 1. The average molecular weight is 322 g/mol. The number of H-pyrrole nitrogens is 1. The van der Waals surface area contributed by atoms with Crippen LogP contribution in [-0.4, -0.2) is 47.7 Å². The molecule has 0 spiro atoms. The summed E-state index contributed by atoms with van der Waals surface area (Å²) in [6.07, 6.45) is -0.159. The van der Waals surface area contributed by atoms with Crippen molar-refractivity contribution in [1.82, 2.24) is 14.5 Å². The number of rotatable bonds is 3. The van der Waals surface area contributed by atoms with E-state index < -0.39 is 15.6 Å². The van der Waals surface area contributed by atoms with Crippen molar-refractivity contribution in [2.24, 2.45) is 0 Å². The molecule has 6 nitrogen and oxygen atoms in total. The van der Waals surface area contributed by atoms with Gasteiger partial charge in [-0.05, 0) is 27.7 Å². The van der Waals surface area contributed by atoms with Crippen LogP contribution in [-0.2, 0) is 20.6 Å². The Morgan fingerprint density at radius 3 is 2.75 bits per heavy atom. The minimum atomic E-state index is -3.66. The van der Waals surface area contributed by atoms with Crippen molar-refractivity contribution < 1.29 is 13.2 Å². The predicted octanol–water partition coefficient (Wildman–Crippen LogP) is 1.64. The monoisotopic (exact) mass is 321 g/mol. The van der Waals surface area contributed by atoms with Gasteiger partial charge in [-0.3, -0.25) is 5.10 Å².